The summed E-state index contributed by atoms with van der Waals surface area (Å²) in [6.45, 7) is 3.40. The van der Waals surface area contributed by atoms with E-state index in [4.69, 9.17) is 4.74 Å². The molecule has 3 rings (SSSR count). The zero-order valence-electron chi connectivity index (χ0n) is 10.1. The molecule has 1 aromatic heterocycles. The Morgan fingerprint density at radius 3 is 3.00 bits per heavy atom. The van der Waals surface area contributed by atoms with E-state index in [1.54, 1.807) is 11.8 Å². The highest BCUT2D eigenvalue weighted by Gasteiger charge is 2.16. The lowest BCUT2D eigenvalue weighted by Gasteiger charge is -2.16. The zero-order chi connectivity index (χ0) is 12.4. The van der Waals surface area contributed by atoms with E-state index in [-0.39, 0.29) is 0 Å². The molecule has 1 aromatic carbocycles. The molecular weight excluding hydrogens is 248 g/mol. The molecule has 0 aliphatic carbocycles. The molecule has 0 atom stereocenters. The fourth-order valence-corrected chi connectivity index (χ4v) is 2.50. The van der Waals surface area contributed by atoms with Crippen LogP contribution in [0.2, 0.25) is 0 Å². The van der Waals surface area contributed by atoms with E-state index < -0.39 is 0 Å². The Labute approximate surface area is 110 Å². The lowest BCUT2D eigenvalue weighted by Crippen LogP contribution is -2.25. The van der Waals surface area contributed by atoms with Gasteiger partial charge >= 0.3 is 0 Å². The second-order valence-corrected chi connectivity index (χ2v) is 5.15. The Bertz CT molecular complexity index is 538. The minimum atomic E-state index is 0.420. The number of nitrogens with zero attached hydrogens (tertiary/aromatic N) is 3. The molecule has 0 radical (unpaired) electrons. The third-order valence-electron chi connectivity index (χ3n) is 2.69. The summed E-state index contributed by atoms with van der Waals surface area (Å²) < 4.78 is 7.60. The first kappa shape index (κ1) is 11.4. The molecule has 5 nitrogen and oxygen atoms in total. The predicted octanol–water partition coefficient (Wildman–Crippen LogP) is 1.81. The molecule has 6 heteroatoms. The summed E-state index contributed by atoms with van der Waals surface area (Å²) in [5, 5.41) is 9.16. The van der Waals surface area contributed by atoms with Crippen LogP contribution in [0.4, 0.5) is 0 Å². The number of fused-ring (bicyclic) bond motifs is 1. The standard InChI is InChI=1S/C12H14N4OS/c1-9-2-4-10(5-3-9)17-8-11-14-15-12-16(11)13-6-7-18-12/h2-5,13H,6-8H2,1H3. The summed E-state index contributed by atoms with van der Waals surface area (Å²) in [5.41, 5.74) is 4.47. The van der Waals surface area contributed by atoms with Gasteiger partial charge in [0.25, 0.3) is 0 Å². The molecule has 94 valence electrons. The first-order chi connectivity index (χ1) is 8.83. The Balaban J connectivity index is 1.70. The van der Waals surface area contributed by atoms with Gasteiger partial charge in [0, 0.05) is 12.3 Å². The average Bonchev–Trinajstić information content (AvgIpc) is 2.82. The maximum absolute atomic E-state index is 5.70. The number of hydrogen-bond donors (Lipinski definition) is 1. The minimum absolute atomic E-state index is 0.420. The third kappa shape index (κ3) is 2.28. The maximum Gasteiger partial charge on any atom is 0.210 e. The first-order valence-corrected chi connectivity index (χ1v) is 6.82. The van der Waals surface area contributed by atoms with E-state index in [1.165, 1.54) is 5.56 Å². The van der Waals surface area contributed by atoms with Gasteiger partial charge in [0.05, 0.1) is 0 Å². The first-order valence-electron chi connectivity index (χ1n) is 5.83. The Morgan fingerprint density at radius 2 is 2.17 bits per heavy atom. The number of benzene rings is 1. The van der Waals surface area contributed by atoms with E-state index in [0.717, 1.165) is 29.0 Å². The van der Waals surface area contributed by atoms with Gasteiger partial charge in [-0.05, 0) is 19.1 Å². The molecule has 0 unspecified atom stereocenters. The molecule has 0 saturated carbocycles. The van der Waals surface area contributed by atoms with Gasteiger partial charge in [-0.25, -0.2) is 4.68 Å². The second kappa shape index (κ2) is 4.89. The van der Waals surface area contributed by atoms with Crippen LogP contribution in [0, 0.1) is 6.92 Å². The highest BCUT2D eigenvalue weighted by atomic mass is 32.2. The highest BCUT2D eigenvalue weighted by Crippen LogP contribution is 2.19. The smallest absolute Gasteiger partial charge is 0.210 e. The molecule has 0 amide bonds. The van der Waals surface area contributed by atoms with Gasteiger partial charge in [0.1, 0.15) is 12.4 Å². The number of nitrogens with one attached hydrogen (secondary N) is 1. The van der Waals surface area contributed by atoms with Crippen LogP contribution in [0.15, 0.2) is 29.4 Å². The van der Waals surface area contributed by atoms with Gasteiger partial charge in [0.15, 0.2) is 5.82 Å². The molecular formula is C12H14N4OS. The van der Waals surface area contributed by atoms with Crippen LogP contribution in [0.5, 0.6) is 5.75 Å². The van der Waals surface area contributed by atoms with Gasteiger partial charge in [0.2, 0.25) is 5.16 Å². The van der Waals surface area contributed by atoms with Crippen LogP contribution in [-0.4, -0.2) is 27.2 Å². The lowest BCUT2D eigenvalue weighted by atomic mass is 10.2. The molecule has 0 saturated heterocycles. The van der Waals surface area contributed by atoms with E-state index in [9.17, 15) is 0 Å². The minimum Gasteiger partial charge on any atom is -0.486 e. The topological polar surface area (TPSA) is 52.0 Å². The van der Waals surface area contributed by atoms with E-state index in [1.807, 2.05) is 28.9 Å². The number of aryl methyl sites for hydroxylation is 1. The summed E-state index contributed by atoms with van der Waals surface area (Å²) >= 11 is 1.70. The molecule has 1 aliphatic rings. The second-order valence-electron chi connectivity index (χ2n) is 4.09. The molecule has 18 heavy (non-hydrogen) atoms. The van der Waals surface area contributed by atoms with Crippen LogP contribution in [0.25, 0.3) is 0 Å². The largest absolute Gasteiger partial charge is 0.486 e. The predicted molar refractivity (Wildman–Crippen MR) is 70.5 cm³/mol. The number of ether oxygens (including phenoxy) is 1. The normalized spacial score (nSPS) is 13.8. The van der Waals surface area contributed by atoms with Crippen LogP contribution in [0.1, 0.15) is 11.4 Å². The van der Waals surface area contributed by atoms with E-state index in [0.29, 0.717) is 6.61 Å². The van der Waals surface area contributed by atoms with Gasteiger partial charge in [-0.3, -0.25) is 0 Å². The Hall–Kier alpha value is -1.69. The number of aromatic nitrogens is 3. The summed E-state index contributed by atoms with van der Waals surface area (Å²) in [4.78, 5) is 0. The van der Waals surface area contributed by atoms with Gasteiger partial charge in [-0.1, -0.05) is 29.5 Å². The van der Waals surface area contributed by atoms with Crippen molar-refractivity contribution in [1.29, 1.82) is 0 Å². The van der Waals surface area contributed by atoms with Crippen LogP contribution in [-0.2, 0) is 6.61 Å². The molecule has 0 spiro atoms. The molecule has 1 aliphatic heterocycles. The van der Waals surface area contributed by atoms with Crippen molar-refractivity contribution in [2.24, 2.45) is 0 Å². The summed E-state index contributed by atoms with van der Waals surface area (Å²) in [5.74, 6) is 2.68. The molecule has 2 aromatic rings. The van der Waals surface area contributed by atoms with Crippen LogP contribution in [0.3, 0.4) is 0 Å². The molecule has 0 bridgehead atoms. The molecule has 2 heterocycles. The van der Waals surface area contributed by atoms with Gasteiger partial charge in [-0.2, -0.15) is 0 Å². The molecule has 0 fully saturated rings. The van der Waals surface area contributed by atoms with Crippen molar-refractivity contribution in [3.8, 4) is 5.75 Å². The SMILES string of the molecule is Cc1ccc(OCc2nnc3n2NCCS3)cc1. The van der Waals surface area contributed by atoms with Gasteiger partial charge in [-0.15, -0.1) is 10.2 Å². The van der Waals surface area contributed by atoms with Crippen molar-refractivity contribution in [3.63, 3.8) is 0 Å². The number of hydrogen-bond acceptors (Lipinski definition) is 5. The van der Waals surface area contributed by atoms with Gasteiger partial charge < -0.3 is 10.2 Å². The highest BCUT2D eigenvalue weighted by molar-refractivity contribution is 7.99. The van der Waals surface area contributed by atoms with Crippen molar-refractivity contribution >= 4 is 11.8 Å². The Morgan fingerprint density at radius 1 is 1.33 bits per heavy atom. The number of rotatable bonds is 3. The van der Waals surface area contributed by atoms with Crippen molar-refractivity contribution < 1.29 is 4.74 Å². The maximum atomic E-state index is 5.70. The quantitative estimate of drug-likeness (QED) is 0.914. The number of thioether (sulfide) groups is 1. The lowest BCUT2D eigenvalue weighted by molar-refractivity contribution is 0.290. The van der Waals surface area contributed by atoms with Crippen molar-refractivity contribution in [2.75, 3.05) is 17.7 Å². The summed E-state index contributed by atoms with van der Waals surface area (Å²) in [7, 11) is 0. The average molecular weight is 262 g/mol. The molecule has 1 N–H and O–H groups in total. The van der Waals surface area contributed by atoms with Crippen molar-refractivity contribution in [3.05, 3.63) is 35.7 Å². The third-order valence-corrected chi connectivity index (χ3v) is 3.62. The fourth-order valence-electron chi connectivity index (χ4n) is 1.73. The van der Waals surface area contributed by atoms with Crippen LogP contribution >= 0.6 is 11.8 Å². The Kier molecular flexibility index (Phi) is 3.10. The van der Waals surface area contributed by atoms with Crippen molar-refractivity contribution in [1.82, 2.24) is 14.9 Å². The summed E-state index contributed by atoms with van der Waals surface area (Å²) in [6.07, 6.45) is 0. The monoisotopic (exact) mass is 262 g/mol. The zero-order valence-corrected chi connectivity index (χ0v) is 10.9. The summed E-state index contributed by atoms with van der Waals surface area (Å²) in [6, 6.07) is 7.99. The van der Waals surface area contributed by atoms with Crippen LogP contribution < -0.4 is 10.2 Å². The van der Waals surface area contributed by atoms with E-state index in [2.05, 4.69) is 22.5 Å². The van der Waals surface area contributed by atoms with E-state index >= 15 is 0 Å². The van der Waals surface area contributed by atoms with Crippen molar-refractivity contribution in [2.45, 2.75) is 18.7 Å². The fraction of sp³-hybridized carbons (Fsp3) is 0.333.